The lowest BCUT2D eigenvalue weighted by atomic mass is 10.1. The molecule has 0 saturated carbocycles. The summed E-state index contributed by atoms with van der Waals surface area (Å²) >= 11 is 0. The van der Waals surface area contributed by atoms with E-state index in [-0.39, 0.29) is 16.8 Å². The Morgan fingerprint density at radius 3 is 2.88 bits per heavy atom. The number of benzene rings is 1. The first-order valence-corrected chi connectivity index (χ1v) is 4.47. The molecule has 0 bridgehead atoms. The number of hydrogen-bond acceptors (Lipinski definition) is 5. The summed E-state index contributed by atoms with van der Waals surface area (Å²) in [5.41, 5.74) is -0.148. The molecular formula is C10H5FN2O4. The van der Waals surface area contributed by atoms with Gasteiger partial charge >= 0.3 is 5.69 Å². The van der Waals surface area contributed by atoms with E-state index in [1.807, 2.05) is 0 Å². The summed E-state index contributed by atoms with van der Waals surface area (Å²) in [4.78, 5) is 20.3. The highest BCUT2D eigenvalue weighted by molar-refractivity contribution is 5.85. The van der Waals surface area contributed by atoms with Crippen molar-refractivity contribution in [3.63, 3.8) is 0 Å². The van der Waals surface area contributed by atoms with E-state index in [9.17, 15) is 19.3 Å². The van der Waals surface area contributed by atoms with Crippen LogP contribution in [-0.4, -0.2) is 16.4 Å². The zero-order valence-corrected chi connectivity index (χ0v) is 8.29. The van der Waals surface area contributed by atoms with Crippen LogP contribution in [0.3, 0.4) is 0 Å². The molecule has 0 aliphatic carbocycles. The third kappa shape index (κ3) is 1.89. The molecule has 0 unspecified atom stereocenters. The van der Waals surface area contributed by atoms with Gasteiger partial charge in [-0.25, -0.2) is 0 Å². The summed E-state index contributed by atoms with van der Waals surface area (Å²) in [5.74, 6) is -0.949. The fourth-order valence-electron chi connectivity index (χ4n) is 1.35. The summed E-state index contributed by atoms with van der Waals surface area (Å²) in [6.07, 6.45) is 1.61. The molecule has 0 saturated heterocycles. The molecule has 0 N–H and O–H groups in total. The first-order chi connectivity index (χ1) is 8.13. The molecule has 0 radical (unpaired) electrons. The van der Waals surface area contributed by atoms with Crippen LogP contribution in [0.4, 0.5) is 10.1 Å². The number of rotatable bonds is 3. The van der Waals surface area contributed by atoms with Gasteiger partial charge in [0, 0.05) is 11.6 Å². The van der Waals surface area contributed by atoms with E-state index in [0.29, 0.717) is 6.29 Å². The summed E-state index contributed by atoms with van der Waals surface area (Å²) < 4.78 is 17.7. The molecule has 0 fully saturated rings. The van der Waals surface area contributed by atoms with Crippen LogP contribution in [0.15, 0.2) is 29.0 Å². The highest BCUT2D eigenvalue weighted by Crippen LogP contribution is 2.26. The van der Waals surface area contributed by atoms with Crippen LogP contribution in [0.5, 0.6) is 0 Å². The first-order valence-electron chi connectivity index (χ1n) is 4.47. The van der Waals surface area contributed by atoms with E-state index in [1.165, 1.54) is 6.07 Å². The second kappa shape index (κ2) is 4.12. The van der Waals surface area contributed by atoms with Gasteiger partial charge in [0.1, 0.15) is 12.0 Å². The molecule has 0 spiro atoms. The number of aldehydes is 1. The third-order valence-corrected chi connectivity index (χ3v) is 2.14. The van der Waals surface area contributed by atoms with Gasteiger partial charge in [-0.2, -0.15) is 4.39 Å². The Morgan fingerprint density at radius 2 is 2.24 bits per heavy atom. The number of aromatic nitrogens is 1. The zero-order valence-electron chi connectivity index (χ0n) is 8.29. The van der Waals surface area contributed by atoms with Gasteiger partial charge < -0.3 is 4.52 Å². The molecule has 0 aliphatic rings. The van der Waals surface area contributed by atoms with Gasteiger partial charge in [0.15, 0.2) is 6.29 Å². The van der Waals surface area contributed by atoms with Crippen molar-refractivity contribution >= 4 is 12.0 Å². The summed E-state index contributed by atoms with van der Waals surface area (Å²) in [6, 6.07) is 3.23. The molecule has 0 aliphatic heterocycles. The molecule has 2 rings (SSSR count). The fraction of sp³-hybridized carbons (Fsp3) is 0. The first kappa shape index (κ1) is 10.9. The monoisotopic (exact) mass is 236 g/mol. The summed E-state index contributed by atoms with van der Waals surface area (Å²) in [5, 5.41) is 14.1. The Hall–Kier alpha value is -2.57. The number of hydrogen-bond donors (Lipinski definition) is 0. The van der Waals surface area contributed by atoms with Crippen LogP contribution in [0.1, 0.15) is 10.4 Å². The predicted molar refractivity (Wildman–Crippen MR) is 53.9 cm³/mol. The van der Waals surface area contributed by atoms with Gasteiger partial charge in [0.05, 0.1) is 10.5 Å². The average molecular weight is 236 g/mol. The minimum absolute atomic E-state index is 0.142. The molecule has 86 valence electrons. The number of carbonyl (C=O) groups excluding carboxylic acids is 1. The highest BCUT2D eigenvalue weighted by Gasteiger charge is 2.18. The minimum atomic E-state index is -0.949. The van der Waals surface area contributed by atoms with Crippen molar-refractivity contribution < 1.29 is 18.6 Å². The van der Waals surface area contributed by atoms with E-state index in [2.05, 4.69) is 9.68 Å². The number of nitrogens with zero attached hydrogens (tertiary/aromatic N) is 2. The van der Waals surface area contributed by atoms with Crippen LogP contribution >= 0.6 is 0 Å². The molecule has 1 aromatic heterocycles. The van der Waals surface area contributed by atoms with Crippen LogP contribution < -0.4 is 0 Å². The second-order valence-corrected chi connectivity index (χ2v) is 3.16. The van der Waals surface area contributed by atoms with E-state index < -0.39 is 16.4 Å². The lowest BCUT2D eigenvalue weighted by Crippen LogP contribution is -1.93. The maximum absolute atomic E-state index is 13.1. The van der Waals surface area contributed by atoms with Gasteiger partial charge in [0.25, 0.3) is 0 Å². The SMILES string of the molecule is O=Cc1conc1-c1ccc(F)c([N+](=O)[O-])c1. The molecule has 1 heterocycles. The molecule has 1 aromatic carbocycles. The smallest absolute Gasteiger partial charge is 0.305 e. The van der Waals surface area contributed by atoms with E-state index in [1.54, 1.807) is 0 Å². The van der Waals surface area contributed by atoms with Crippen LogP contribution in [0.25, 0.3) is 11.3 Å². The normalized spacial score (nSPS) is 10.2. The molecule has 0 atom stereocenters. The fourth-order valence-corrected chi connectivity index (χ4v) is 1.35. The van der Waals surface area contributed by atoms with Gasteiger partial charge in [-0.15, -0.1) is 0 Å². The standard InChI is InChI=1S/C10H5FN2O4/c11-8-2-1-6(3-9(8)13(15)16)10-7(4-14)5-17-12-10/h1-5H. The Kier molecular flexibility index (Phi) is 2.65. The third-order valence-electron chi connectivity index (χ3n) is 2.14. The van der Waals surface area contributed by atoms with Crippen LogP contribution in [-0.2, 0) is 0 Å². The highest BCUT2D eigenvalue weighted by atomic mass is 19.1. The summed E-state index contributed by atoms with van der Waals surface area (Å²) in [7, 11) is 0. The molecule has 2 aromatic rings. The average Bonchev–Trinajstić information content (AvgIpc) is 2.77. The number of nitro groups is 1. The van der Waals surface area contributed by atoms with Crippen molar-refractivity contribution in [1.82, 2.24) is 5.16 Å². The van der Waals surface area contributed by atoms with E-state index in [0.717, 1.165) is 18.4 Å². The second-order valence-electron chi connectivity index (χ2n) is 3.16. The summed E-state index contributed by atoms with van der Waals surface area (Å²) in [6.45, 7) is 0. The van der Waals surface area contributed by atoms with Crippen molar-refractivity contribution in [2.24, 2.45) is 0 Å². The van der Waals surface area contributed by atoms with Crippen molar-refractivity contribution in [1.29, 1.82) is 0 Å². The van der Waals surface area contributed by atoms with Crippen molar-refractivity contribution in [3.8, 4) is 11.3 Å². The predicted octanol–water partition coefficient (Wildman–Crippen LogP) is 2.20. The molecule has 0 amide bonds. The van der Waals surface area contributed by atoms with Gasteiger partial charge in [-0.1, -0.05) is 5.16 Å². The van der Waals surface area contributed by atoms with Gasteiger partial charge in [0.2, 0.25) is 5.82 Å². The number of carbonyl (C=O) groups is 1. The van der Waals surface area contributed by atoms with Gasteiger partial charge in [-0.3, -0.25) is 14.9 Å². The molecule has 7 heteroatoms. The van der Waals surface area contributed by atoms with Crippen LogP contribution in [0.2, 0.25) is 0 Å². The Bertz CT molecular complexity index is 594. The maximum atomic E-state index is 13.1. The van der Waals surface area contributed by atoms with E-state index in [4.69, 9.17) is 0 Å². The topological polar surface area (TPSA) is 86.2 Å². The van der Waals surface area contributed by atoms with Crippen LogP contribution in [0, 0.1) is 15.9 Å². The lowest BCUT2D eigenvalue weighted by Gasteiger charge is -1.98. The largest absolute Gasteiger partial charge is 0.363 e. The van der Waals surface area contributed by atoms with Gasteiger partial charge in [-0.05, 0) is 12.1 Å². The Labute approximate surface area is 93.8 Å². The molecule has 17 heavy (non-hydrogen) atoms. The number of nitro benzene ring substituents is 1. The van der Waals surface area contributed by atoms with Crippen molar-refractivity contribution in [2.75, 3.05) is 0 Å². The quantitative estimate of drug-likeness (QED) is 0.463. The molecule has 6 nitrogen and oxygen atoms in total. The minimum Gasteiger partial charge on any atom is -0.363 e. The zero-order chi connectivity index (χ0) is 12.4. The number of halogens is 1. The van der Waals surface area contributed by atoms with E-state index >= 15 is 0 Å². The molecular weight excluding hydrogens is 231 g/mol. The Balaban J connectivity index is 2.57. The van der Waals surface area contributed by atoms with Crippen molar-refractivity contribution in [2.45, 2.75) is 0 Å². The Morgan fingerprint density at radius 1 is 1.47 bits per heavy atom. The van der Waals surface area contributed by atoms with Crippen molar-refractivity contribution in [3.05, 3.63) is 46.0 Å². The maximum Gasteiger partial charge on any atom is 0.305 e. The lowest BCUT2D eigenvalue weighted by molar-refractivity contribution is -0.387.